The smallest absolute Gasteiger partial charge is 0.406 e. The molecule has 1 rings (SSSR count). The third-order valence-corrected chi connectivity index (χ3v) is 2.92. The SMILES string of the molecule is CC1(NC(=O)O)C=CN(CCCCC(F)(F)CF)N1F. The molecule has 0 aromatic heterocycles. The monoisotopic (exact) mass is 299 g/mol. The molecule has 1 amide bonds. The predicted molar refractivity (Wildman–Crippen MR) is 63.1 cm³/mol. The second-order valence-electron chi connectivity index (χ2n) is 4.76. The van der Waals surface area contributed by atoms with Crippen LogP contribution in [-0.2, 0) is 0 Å². The summed E-state index contributed by atoms with van der Waals surface area (Å²) in [6, 6.07) is 0. The van der Waals surface area contributed by atoms with Gasteiger partial charge >= 0.3 is 6.09 Å². The largest absolute Gasteiger partial charge is 0.465 e. The van der Waals surface area contributed by atoms with Crippen molar-refractivity contribution >= 4 is 6.09 Å². The summed E-state index contributed by atoms with van der Waals surface area (Å²) in [5.74, 6) is -3.34. The van der Waals surface area contributed by atoms with E-state index < -0.39 is 30.8 Å². The van der Waals surface area contributed by atoms with Gasteiger partial charge < -0.3 is 5.11 Å². The Morgan fingerprint density at radius 1 is 1.45 bits per heavy atom. The van der Waals surface area contributed by atoms with Gasteiger partial charge in [0, 0.05) is 19.2 Å². The zero-order valence-corrected chi connectivity index (χ0v) is 11.0. The van der Waals surface area contributed by atoms with Crippen molar-refractivity contribution in [3.63, 3.8) is 0 Å². The van der Waals surface area contributed by atoms with Gasteiger partial charge in [0.25, 0.3) is 5.92 Å². The number of rotatable bonds is 7. The van der Waals surface area contributed by atoms with Crippen LogP contribution >= 0.6 is 0 Å². The number of nitrogens with one attached hydrogen (secondary N) is 1. The first-order chi connectivity index (χ1) is 9.20. The van der Waals surface area contributed by atoms with Crippen LogP contribution in [0.3, 0.4) is 0 Å². The quantitative estimate of drug-likeness (QED) is 0.431. The predicted octanol–water partition coefficient (Wildman–Crippen LogP) is 2.68. The lowest BCUT2D eigenvalue weighted by atomic mass is 10.1. The second kappa shape index (κ2) is 6.29. The fourth-order valence-corrected chi connectivity index (χ4v) is 1.81. The number of nitrogens with zero attached hydrogens (tertiary/aromatic N) is 2. The van der Waals surface area contributed by atoms with Crippen molar-refractivity contribution in [2.24, 2.45) is 0 Å². The van der Waals surface area contributed by atoms with Crippen LogP contribution in [-0.4, -0.2) is 46.2 Å². The highest BCUT2D eigenvalue weighted by Gasteiger charge is 2.39. The molecule has 0 saturated heterocycles. The van der Waals surface area contributed by atoms with Gasteiger partial charge in [-0.15, -0.1) is 4.48 Å². The zero-order chi connectivity index (χ0) is 15.4. The van der Waals surface area contributed by atoms with Gasteiger partial charge in [0.2, 0.25) is 0 Å². The Bertz CT molecular complexity index is 381. The fourth-order valence-electron chi connectivity index (χ4n) is 1.81. The lowest BCUT2D eigenvalue weighted by Crippen LogP contribution is -2.55. The van der Waals surface area contributed by atoms with Crippen molar-refractivity contribution < 1.29 is 27.6 Å². The van der Waals surface area contributed by atoms with E-state index in [-0.39, 0.29) is 24.6 Å². The number of unbranched alkanes of at least 4 members (excludes halogenated alkanes) is 1. The van der Waals surface area contributed by atoms with E-state index in [1.54, 1.807) is 0 Å². The Morgan fingerprint density at radius 3 is 2.65 bits per heavy atom. The first kappa shape index (κ1) is 16.5. The Morgan fingerprint density at radius 2 is 2.10 bits per heavy atom. The van der Waals surface area contributed by atoms with Crippen LogP contribution in [0, 0.1) is 0 Å². The summed E-state index contributed by atoms with van der Waals surface area (Å²) in [4.78, 5) is 10.5. The molecule has 1 atom stereocenters. The minimum absolute atomic E-state index is 0.0399. The molecule has 0 aromatic rings. The van der Waals surface area contributed by atoms with E-state index in [0.29, 0.717) is 0 Å². The molecule has 1 aliphatic rings. The Hall–Kier alpha value is -1.51. The second-order valence-corrected chi connectivity index (χ2v) is 4.76. The average molecular weight is 299 g/mol. The van der Waals surface area contributed by atoms with Gasteiger partial charge in [-0.1, -0.05) is 0 Å². The highest BCUT2D eigenvalue weighted by molar-refractivity contribution is 5.66. The summed E-state index contributed by atoms with van der Waals surface area (Å²) < 4.78 is 51.0. The zero-order valence-electron chi connectivity index (χ0n) is 11.0. The normalized spacial score (nSPS) is 23.4. The molecule has 116 valence electrons. The maximum atomic E-state index is 13.9. The lowest BCUT2D eigenvalue weighted by Gasteiger charge is -2.32. The van der Waals surface area contributed by atoms with E-state index in [4.69, 9.17) is 5.11 Å². The molecule has 20 heavy (non-hydrogen) atoms. The highest BCUT2D eigenvalue weighted by atomic mass is 19.3. The molecule has 0 aromatic carbocycles. The molecule has 0 fully saturated rings. The topological polar surface area (TPSA) is 55.8 Å². The molecule has 0 aliphatic carbocycles. The number of hydrazine groups is 1. The lowest BCUT2D eigenvalue weighted by molar-refractivity contribution is -0.189. The Labute approximate surface area is 113 Å². The number of amides is 1. The molecule has 1 unspecified atom stereocenters. The molecule has 0 radical (unpaired) electrons. The van der Waals surface area contributed by atoms with Crippen LogP contribution < -0.4 is 5.32 Å². The minimum atomic E-state index is -3.34. The number of carbonyl (C=O) groups is 1. The summed E-state index contributed by atoms with van der Waals surface area (Å²) in [7, 11) is 0. The minimum Gasteiger partial charge on any atom is -0.465 e. The van der Waals surface area contributed by atoms with Gasteiger partial charge in [0.15, 0.2) is 12.3 Å². The molecule has 5 nitrogen and oxygen atoms in total. The molecule has 0 bridgehead atoms. The fraction of sp³-hybridized carbons (Fsp3) is 0.727. The molecule has 1 aliphatic heterocycles. The van der Waals surface area contributed by atoms with Gasteiger partial charge in [-0.05, 0) is 31.1 Å². The maximum absolute atomic E-state index is 13.9. The third kappa shape index (κ3) is 4.26. The number of hydrogen-bond donors (Lipinski definition) is 2. The van der Waals surface area contributed by atoms with E-state index in [9.17, 15) is 22.4 Å². The van der Waals surface area contributed by atoms with Crippen LogP contribution in [0.1, 0.15) is 26.2 Å². The summed E-state index contributed by atoms with van der Waals surface area (Å²) in [5.41, 5.74) is -1.52. The van der Waals surface area contributed by atoms with E-state index in [1.165, 1.54) is 19.2 Å². The van der Waals surface area contributed by atoms with Crippen molar-refractivity contribution in [2.45, 2.75) is 37.8 Å². The van der Waals surface area contributed by atoms with Crippen molar-refractivity contribution in [2.75, 3.05) is 13.2 Å². The van der Waals surface area contributed by atoms with Gasteiger partial charge in [-0.3, -0.25) is 10.3 Å². The van der Waals surface area contributed by atoms with E-state index in [0.717, 1.165) is 5.01 Å². The maximum Gasteiger partial charge on any atom is 0.406 e. The summed E-state index contributed by atoms with van der Waals surface area (Å²) >= 11 is 0. The van der Waals surface area contributed by atoms with Crippen LogP contribution in [0.2, 0.25) is 0 Å². The van der Waals surface area contributed by atoms with Crippen LogP contribution in [0.25, 0.3) is 0 Å². The van der Waals surface area contributed by atoms with Gasteiger partial charge in [0.05, 0.1) is 0 Å². The van der Waals surface area contributed by atoms with Crippen molar-refractivity contribution in [1.29, 1.82) is 0 Å². The summed E-state index contributed by atoms with van der Waals surface area (Å²) in [5, 5.41) is 11.8. The summed E-state index contributed by atoms with van der Waals surface area (Å²) in [6.45, 7) is -0.298. The molecule has 0 saturated carbocycles. The van der Waals surface area contributed by atoms with Gasteiger partial charge in [-0.25, -0.2) is 18.0 Å². The average Bonchev–Trinajstić information content (AvgIpc) is 2.61. The van der Waals surface area contributed by atoms with Crippen molar-refractivity contribution in [3.8, 4) is 0 Å². The Balaban J connectivity index is 2.37. The molecular formula is C11H17F4N3O2. The highest BCUT2D eigenvalue weighted by Crippen LogP contribution is 2.26. The van der Waals surface area contributed by atoms with Crippen LogP contribution in [0.15, 0.2) is 12.3 Å². The number of carboxylic acid groups (broad SMARTS) is 1. The number of alkyl halides is 3. The van der Waals surface area contributed by atoms with Crippen LogP contribution in [0.5, 0.6) is 0 Å². The first-order valence-electron chi connectivity index (χ1n) is 6.07. The molecule has 2 N–H and O–H groups in total. The van der Waals surface area contributed by atoms with E-state index in [2.05, 4.69) is 0 Å². The molecule has 1 heterocycles. The standard InChI is InChI=1S/C11H17F4N3O2/c1-10(16-9(19)20)5-7-17(18(10)15)6-3-2-4-11(13,14)8-12/h5,7,16H,2-4,6,8H2,1H3,(H,19,20). The Kier molecular flexibility index (Phi) is 5.21. The van der Waals surface area contributed by atoms with Crippen LogP contribution in [0.4, 0.5) is 22.4 Å². The summed E-state index contributed by atoms with van der Waals surface area (Å²) in [6.07, 6.45) is 0.907. The number of halogens is 4. The molecular weight excluding hydrogens is 282 g/mol. The van der Waals surface area contributed by atoms with Gasteiger partial charge in [-0.2, -0.15) is 0 Å². The van der Waals surface area contributed by atoms with Gasteiger partial charge in [0.1, 0.15) is 0 Å². The number of hydrogen-bond acceptors (Lipinski definition) is 3. The van der Waals surface area contributed by atoms with Crippen molar-refractivity contribution in [1.82, 2.24) is 15.6 Å². The van der Waals surface area contributed by atoms with E-state index >= 15 is 0 Å². The molecule has 0 spiro atoms. The third-order valence-electron chi connectivity index (χ3n) is 2.92. The van der Waals surface area contributed by atoms with Crippen molar-refractivity contribution in [3.05, 3.63) is 12.3 Å². The first-order valence-corrected chi connectivity index (χ1v) is 6.07. The van der Waals surface area contributed by atoms with E-state index in [1.807, 2.05) is 5.32 Å². The molecule has 9 heteroatoms.